The average Bonchev–Trinajstić information content (AvgIpc) is 2.15. The number of allylic oxidation sites excluding steroid dienone is 1. The summed E-state index contributed by atoms with van der Waals surface area (Å²) in [6.45, 7) is 3.26. The molecule has 2 N–H and O–H groups in total. The van der Waals surface area contributed by atoms with Gasteiger partial charge in [0.1, 0.15) is 0 Å². The maximum Gasteiger partial charge on any atom is 0.356 e. The Morgan fingerprint density at radius 1 is 1.36 bits per heavy atom. The van der Waals surface area contributed by atoms with Gasteiger partial charge in [-0.1, -0.05) is 24.8 Å². The Hall–Kier alpha value is -1.22. The summed E-state index contributed by atoms with van der Waals surface area (Å²) in [5.41, 5.74) is -0.00386. The van der Waals surface area contributed by atoms with Gasteiger partial charge >= 0.3 is 7.60 Å². The lowest BCUT2D eigenvalue weighted by atomic mass is 10.1. The van der Waals surface area contributed by atoms with E-state index in [1.165, 1.54) is 24.3 Å². The molecule has 0 saturated heterocycles. The number of carbonyl (C=O) groups is 1. The molecule has 4 nitrogen and oxygen atoms in total. The summed E-state index contributed by atoms with van der Waals surface area (Å²) in [5.74, 6) is -0.496. The first-order valence-corrected chi connectivity index (χ1v) is 5.40. The number of rotatable bonds is 3. The van der Waals surface area contributed by atoms with Crippen LogP contribution in [0, 0.1) is 0 Å². The topological polar surface area (TPSA) is 74.6 Å². The van der Waals surface area contributed by atoms with Crippen molar-refractivity contribution < 1.29 is 19.1 Å². The van der Waals surface area contributed by atoms with E-state index in [1.54, 1.807) is 0 Å². The molecule has 5 heteroatoms. The van der Waals surface area contributed by atoms with Crippen molar-refractivity contribution in [2.75, 3.05) is 0 Å². The second kappa shape index (κ2) is 3.88. The van der Waals surface area contributed by atoms with Crippen molar-refractivity contribution in [3.05, 3.63) is 42.5 Å². The van der Waals surface area contributed by atoms with E-state index < -0.39 is 13.4 Å². The van der Waals surface area contributed by atoms with E-state index in [1.807, 2.05) is 0 Å². The fraction of sp³-hybridized carbons (Fsp3) is 0. The number of hydrogen-bond donors (Lipinski definition) is 2. The van der Waals surface area contributed by atoms with Gasteiger partial charge in [-0.25, -0.2) is 0 Å². The monoisotopic (exact) mass is 212 g/mol. The summed E-state index contributed by atoms with van der Waals surface area (Å²) in [6.07, 6.45) is 1.02. The summed E-state index contributed by atoms with van der Waals surface area (Å²) >= 11 is 0. The minimum absolute atomic E-state index is 0.00386. The Balaban J connectivity index is 3.37. The summed E-state index contributed by atoms with van der Waals surface area (Å²) in [6, 6.07) is 5.60. The molecule has 0 aliphatic rings. The number of carbonyl (C=O) groups excluding carboxylic acids is 1. The fourth-order valence-electron chi connectivity index (χ4n) is 1.05. The van der Waals surface area contributed by atoms with Crippen LogP contribution in [0.15, 0.2) is 36.9 Å². The molecule has 0 fully saturated rings. The van der Waals surface area contributed by atoms with Crippen LogP contribution in [0.3, 0.4) is 0 Å². The molecule has 0 aliphatic carbocycles. The predicted octanol–water partition coefficient (Wildman–Crippen LogP) is 0.858. The van der Waals surface area contributed by atoms with E-state index in [0.29, 0.717) is 0 Å². The van der Waals surface area contributed by atoms with Gasteiger partial charge in [-0.05, 0) is 12.1 Å². The smallest absolute Gasteiger partial charge is 0.321 e. The first kappa shape index (κ1) is 10.9. The molecule has 0 atom stereocenters. The number of ketones is 1. The molecule has 1 rings (SSSR count). The van der Waals surface area contributed by atoms with Gasteiger partial charge in [-0.15, -0.1) is 0 Å². The van der Waals surface area contributed by atoms with Gasteiger partial charge in [0, 0.05) is 5.56 Å². The van der Waals surface area contributed by atoms with Gasteiger partial charge in [0.05, 0.1) is 5.30 Å². The third-order valence-corrected chi connectivity index (χ3v) is 2.69. The second-order valence-electron chi connectivity index (χ2n) is 2.63. The highest BCUT2D eigenvalue weighted by atomic mass is 31.2. The van der Waals surface area contributed by atoms with Crippen LogP contribution in [0.25, 0.3) is 0 Å². The Labute approximate surface area is 81.0 Å². The molecule has 0 aliphatic heterocycles. The van der Waals surface area contributed by atoms with Crippen molar-refractivity contribution in [2.45, 2.75) is 0 Å². The highest BCUT2D eigenvalue weighted by Crippen LogP contribution is 2.34. The Bertz CT molecular complexity index is 419. The standard InChI is InChI=1S/C9H9O4P/c1-2-8(10)7-5-3-4-6-9(7)14(11,12)13/h2-6H,1H2,(H2,11,12,13). The fourth-order valence-corrected chi connectivity index (χ4v) is 1.82. The zero-order valence-electron chi connectivity index (χ0n) is 7.25. The van der Waals surface area contributed by atoms with Crippen molar-refractivity contribution in [1.82, 2.24) is 0 Å². The van der Waals surface area contributed by atoms with Gasteiger partial charge in [-0.3, -0.25) is 9.36 Å². The quantitative estimate of drug-likeness (QED) is 0.442. The molecule has 74 valence electrons. The predicted molar refractivity (Wildman–Crippen MR) is 52.6 cm³/mol. The van der Waals surface area contributed by atoms with Gasteiger partial charge in [-0.2, -0.15) is 0 Å². The third-order valence-electron chi connectivity index (χ3n) is 1.67. The van der Waals surface area contributed by atoms with Gasteiger partial charge in [0.15, 0.2) is 5.78 Å². The molecular formula is C9H9O4P. The van der Waals surface area contributed by atoms with Crippen molar-refractivity contribution in [2.24, 2.45) is 0 Å². The minimum atomic E-state index is -4.39. The van der Waals surface area contributed by atoms with Crippen LogP contribution in [0.5, 0.6) is 0 Å². The van der Waals surface area contributed by atoms with E-state index in [9.17, 15) is 9.36 Å². The molecule has 0 heterocycles. The maximum absolute atomic E-state index is 11.2. The zero-order chi connectivity index (χ0) is 10.8. The molecule has 0 unspecified atom stereocenters. The van der Waals surface area contributed by atoms with Crippen LogP contribution >= 0.6 is 7.60 Å². The summed E-state index contributed by atoms with van der Waals surface area (Å²) in [5, 5.41) is -0.259. The van der Waals surface area contributed by atoms with Crippen molar-refractivity contribution in [1.29, 1.82) is 0 Å². The lowest BCUT2D eigenvalue weighted by Gasteiger charge is -2.07. The van der Waals surface area contributed by atoms with Crippen LogP contribution in [-0.2, 0) is 4.57 Å². The van der Waals surface area contributed by atoms with Gasteiger partial charge in [0.25, 0.3) is 0 Å². The Kier molecular flexibility index (Phi) is 3.01. The van der Waals surface area contributed by atoms with E-state index in [2.05, 4.69) is 6.58 Å². The van der Waals surface area contributed by atoms with Gasteiger partial charge < -0.3 is 9.79 Å². The summed E-state index contributed by atoms with van der Waals surface area (Å²) < 4.78 is 11.0. The third kappa shape index (κ3) is 2.17. The molecule has 1 aromatic carbocycles. The van der Waals surface area contributed by atoms with Crippen LogP contribution < -0.4 is 5.30 Å². The van der Waals surface area contributed by atoms with Crippen LogP contribution in [0.1, 0.15) is 10.4 Å². The first-order chi connectivity index (χ1) is 6.46. The molecule has 14 heavy (non-hydrogen) atoms. The van der Waals surface area contributed by atoms with E-state index >= 15 is 0 Å². The number of hydrogen-bond acceptors (Lipinski definition) is 2. The first-order valence-electron chi connectivity index (χ1n) is 3.78. The lowest BCUT2D eigenvalue weighted by molar-refractivity contribution is 0.104. The highest BCUT2D eigenvalue weighted by Gasteiger charge is 2.22. The van der Waals surface area contributed by atoms with Gasteiger partial charge in [0.2, 0.25) is 0 Å². The molecular weight excluding hydrogens is 203 g/mol. The van der Waals surface area contributed by atoms with Crippen LogP contribution in [0.4, 0.5) is 0 Å². The normalized spacial score (nSPS) is 11.0. The highest BCUT2D eigenvalue weighted by molar-refractivity contribution is 7.60. The largest absolute Gasteiger partial charge is 0.356 e. The van der Waals surface area contributed by atoms with Crippen LogP contribution in [0.2, 0.25) is 0 Å². The van der Waals surface area contributed by atoms with Crippen molar-refractivity contribution in [3.8, 4) is 0 Å². The molecule has 1 aromatic rings. The molecule has 0 radical (unpaired) electrons. The summed E-state index contributed by atoms with van der Waals surface area (Å²) in [4.78, 5) is 29.1. The van der Waals surface area contributed by atoms with Crippen molar-refractivity contribution in [3.63, 3.8) is 0 Å². The molecule has 0 saturated carbocycles. The van der Waals surface area contributed by atoms with E-state index in [0.717, 1.165) is 6.08 Å². The molecule has 0 amide bonds. The molecule has 0 spiro atoms. The second-order valence-corrected chi connectivity index (χ2v) is 4.20. The lowest BCUT2D eigenvalue weighted by Crippen LogP contribution is -2.14. The summed E-state index contributed by atoms with van der Waals surface area (Å²) in [7, 11) is -4.39. The van der Waals surface area contributed by atoms with Crippen molar-refractivity contribution >= 4 is 18.7 Å². The SMILES string of the molecule is C=CC(=O)c1ccccc1P(=O)(O)O. The minimum Gasteiger partial charge on any atom is -0.321 e. The van der Waals surface area contributed by atoms with E-state index in [4.69, 9.17) is 9.79 Å². The maximum atomic E-state index is 11.2. The Morgan fingerprint density at radius 3 is 2.43 bits per heavy atom. The molecule has 0 aromatic heterocycles. The zero-order valence-corrected chi connectivity index (χ0v) is 8.15. The van der Waals surface area contributed by atoms with E-state index in [-0.39, 0.29) is 10.9 Å². The number of benzene rings is 1. The Morgan fingerprint density at radius 2 is 1.93 bits per heavy atom. The van der Waals surface area contributed by atoms with Crippen LogP contribution in [-0.4, -0.2) is 15.6 Å². The molecule has 0 bridgehead atoms. The average molecular weight is 212 g/mol.